The van der Waals surface area contributed by atoms with Gasteiger partial charge in [0.25, 0.3) is 5.91 Å². The second kappa shape index (κ2) is 6.20. The maximum atomic E-state index is 12.7. The van der Waals surface area contributed by atoms with Gasteiger partial charge in [-0.15, -0.1) is 0 Å². The van der Waals surface area contributed by atoms with E-state index in [1.807, 2.05) is 0 Å². The number of carbonyl (C=O) groups excluding carboxylic acids is 2. The summed E-state index contributed by atoms with van der Waals surface area (Å²) in [6.07, 6.45) is 1.29. The molecule has 1 aromatic heterocycles. The average Bonchev–Trinajstić information content (AvgIpc) is 2.98. The predicted octanol–water partition coefficient (Wildman–Crippen LogP) is 0.979. The molecule has 23 heavy (non-hydrogen) atoms. The van der Waals surface area contributed by atoms with Crippen LogP contribution in [-0.4, -0.2) is 43.1 Å². The first-order chi connectivity index (χ1) is 11.1. The Morgan fingerprint density at radius 1 is 1.35 bits per heavy atom. The van der Waals surface area contributed by atoms with E-state index in [1.165, 1.54) is 6.26 Å². The van der Waals surface area contributed by atoms with Crippen molar-refractivity contribution in [2.45, 2.75) is 18.9 Å². The van der Waals surface area contributed by atoms with Gasteiger partial charge in [-0.05, 0) is 25.0 Å². The number of hydrogen-bond donors (Lipinski definition) is 1. The fourth-order valence-electron chi connectivity index (χ4n) is 2.95. The molecule has 7 heteroatoms. The number of nitrogens with zero attached hydrogens (tertiary/aromatic N) is 1. The van der Waals surface area contributed by atoms with Crippen LogP contribution in [0, 0.1) is 0 Å². The molecule has 2 amide bonds. The number of nitrogens with one attached hydrogen (secondary N) is 1. The molecule has 0 saturated carbocycles. The van der Waals surface area contributed by atoms with Crippen LogP contribution in [-0.2, 0) is 0 Å². The van der Waals surface area contributed by atoms with Crippen molar-refractivity contribution >= 4 is 23.0 Å². The molecule has 0 spiro atoms. The number of likely N-dealkylation sites (tertiary alicyclic amines) is 1. The van der Waals surface area contributed by atoms with Gasteiger partial charge in [0.1, 0.15) is 23.7 Å². The van der Waals surface area contributed by atoms with Crippen molar-refractivity contribution in [2.24, 2.45) is 0 Å². The summed E-state index contributed by atoms with van der Waals surface area (Å²) >= 11 is 0. The summed E-state index contributed by atoms with van der Waals surface area (Å²) in [5, 5.41) is 13.6. The van der Waals surface area contributed by atoms with Gasteiger partial charge in [0.05, 0.1) is 18.1 Å². The Morgan fingerprint density at radius 2 is 2.09 bits per heavy atom. The molecule has 0 unspecified atom stereocenters. The van der Waals surface area contributed by atoms with Crippen LogP contribution in [0.2, 0.25) is 0 Å². The lowest BCUT2D eigenvalue weighted by atomic mass is 10.0. The van der Waals surface area contributed by atoms with Gasteiger partial charge in [-0.3, -0.25) is 4.79 Å². The second-order valence-electron chi connectivity index (χ2n) is 5.48. The minimum atomic E-state index is -1.28. The third kappa shape index (κ3) is 2.94. The van der Waals surface area contributed by atoms with E-state index in [0.29, 0.717) is 48.2 Å². The highest BCUT2D eigenvalue weighted by molar-refractivity contribution is 6.08. The van der Waals surface area contributed by atoms with Crippen molar-refractivity contribution < 1.29 is 23.8 Å². The molecule has 1 aliphatic heterocycles. The van der Waals surface area contributed by atoms with E-state index in [1.54, 1.807) is 30.2 Å². The maximum Gasteiger partial charge on any atom is 0.257 e. The molecule has 0 aliphatic carbocycles. The molecule has 1 aromatic carbocycles. The minimum absolute atomic E-state index is 0.139. The highest BCUT2D eigenvalue weighted by atomic mass is 16.5. The lowest BCUT2D eigenvalue weighted by Crippen LogP contribution is -2.49. The smallest absolute Gasteiger partial charge is 0.257 e. The van der Waals surface area contributed by atoms with Gasteiger partial charge >= 0.3 is 0 Å². The number of ether oxygens (including phenoxy) is 1. The number of carbonyl (C=O) groups is 2. The first kappa shape index (κ1) is 15.2. The molecule has 3 rings (SSSR count). The summed E-state index contributed by atoms with van der Waals surface area (Å²) in [4.78, 5) is 25.0. The van der Waals surface area contributed by atoms with Gasteiger partial charge in [-0.2, -0.15) is 0 Å². The van der Waals surface area contributed by atoms with E-state index in [0.717, 1.165) is 0 Å². The second-order valence-corrected chi connectivity index (χ2v) is 5.48. The Morgan fingerprint density at radius 3 is 2.74 bits per heavy atom. The molecule has 1 aliphatic rings. The van der Waals surface area contributed by atoms with Crippen LogP contribution in [0.4, 0.5) is 4.79 Å². The van der Waals surface area contributed by atoms with Crippen LogP contribution >= 0.6 is 0 Å². The lowest BCUT2D eigenvalue weighted by Gasteiger charge is -2.32. The summed E-state index contributed by atoms with van der Waals surface area (Å²) in [5.41, 5.74) is 1.06. The largest absolute Gasteiger partial charge is 0.530 e. The van der Waals surface area contributed by atoms with E-state index >= 15 is 0 Å². The number of furan rings is 1. The van der Waals surface area contributed by atoms with Crippen LogP contribution in [0.3, 0.4) is 0 Å². The van der Waals surface area contributed by atoms with Gasteiger partial charge in [-0.25, -0.2) is 0 Å². The molecule has 0 radical (unpaired) electrons. The topological polar surface area (TPSA) is 94.8 Å². The zero-order valence-electron chi connectivity index (χ0n) is 12.7. The summed E-state index contributed by atoms with van der Waals surface area (Å²) < 4.78 is 10.8. The zero-order valence-corrected chi connectivity index (χ0v) is 12.7. The molecule has 2 heterocycles. The van der Waals surface area contributed by atoms with Crippen molar-refractivity contribution in [3.63, 3.8) is 0 Å². The van der Waals surface area contributed by atoms with Crippen molar-refractivity contribution in [3.8, 4) is 5.75 Å². The maximum absolute atomic E-state index is 12.7. The van der Waals surface area contributed by atoms with E-state index in [9.17, 15) is 14.7 Å². The van der Waals surface area contributed by atoms with Crippen LogP contribution in [0.15, 0.2) is 28.9 Å². The minimum Gasteiger partial charge on any atom is -0.530 e. The fourth-order valence-corrected chi connectivity index (χ4v) is 2.95. The van der Waals surface area contributed by atoms with E-state index < -0.39 is 6.09 Å². The SMILES string of the molecule is COc1cccc2occ(C(=O)N3CCC(NC(=O)[O-])CC3)c12. The summed E-state index contributed by atoms with van der Waals surface area (Å²) in [6, 6.07) is 5.20. The number of carboxylic acid groups (broad SMARTS) is 1. The van der Waals surface area contributed by atoms with Crippen molar-refractivity contribution in [3.05, 3.63) is 30.0 Å². The third-order valence-electron chi connectivity index (χ3n) is 4.12. The lowest BCUT2D eigenvalue weighted by molar-refractivity contribution is -0.251. The first-order valence-electron chi connectivity index (χ1n) is 7.41. The quantitative estimate of drug-likeness (QED) is 0.910. The number of fused-ring (bicyclic) bond motifs is 1. The van der Waals surface area contributed by atoms with Gasteiger partial charge < -0.3 is 29.3 Å². The fraction of sp³-hybridized carbons (Fsp3) is 0.375. The number of amides is 2. The summed E-state index contributed by atoms with van der Waals surface area (Å²) in [6.45, 7) is 0.956. The molecule has 0 atom stereocenters. The highest BCUT2D eigenvalue weighted by Crippen LogP contribution is 2.31. The molecule has 7 nitrogen and oxygen atoms in total. The van der Waals surface area contributed by atoms with Crippen LogP contribution in [0.1, 0.15) is 23.2 Å². The Kier molecular flexibility index (Phi) is 4.10. The zero-order chi connectivity index (χ0) is 16.4. The van der Waals surface area contributed by atoms with Crippen LogP contribution in [0.5, 0.6) is 5.75 Å². The number of rotatable bonds is 3. The standard InChI is InChI=1S/C16H18N2O5/c1-22-12-3-2-4-13-14(12)11(9-23-13)15(19)18-7-5-10(6-8-18)17-16(20)21/h2-4,9-10,17H,5-8H2,1H3,(H,20,21)/p-1. The molecule has 1 N–H and O–H groups in total. The monoisotopic (exact) mass is 317 g/mol. The molecule has 1 saturated heterocycles. The number of methoxy groups -OCH3 is 1. The molecule has 1 fully saturated rings. The number of hydrogen-bond acceptors (Lipinski definition) is 5. The van der Waals surface area contributed by atoms with Gasteiger partial charge in [0.2, 0.25) is 0 Å². The average molecular weight is 317 g/mol. The Hall–Kier alpha value is -2.70. The molecule has 2 aromatic rings. The third-order valence-corrected chi connectivity index (χ3v) is 4.12. The van der Waals surface area contributed by atoms with Crippen LogP contribution < -0.4 is 15.2 Å². The Labute approximate surface area is 132 Å². The molecular formula is C16H17N2O5-. The van der Waals surface area contributed by atoms with E-state index in [2.05, 4.69) is 5.32 Å². The van der Waals surface area contributed by atoms with Crippen molar-refractivity contribution in [1.82, 2.24) is 10.2 Å². The molecule has 0 bridgehead atoms. The Bertz CT molecular complexity index is 731. The summed E-state index contributed by atoms with van der Waals surface area (Å²) in [5.74, 6) is 0.452. The molecular weight excluding hydrogens is 300 g/mol. The summed E-state index contributed by atoms with van der Waals surface area (Å²) in [7, 11) is 1.55. The molecule has 122 valence electrons. The van der Waals surface area contributed by atoms with E-state index in [4.69, 9.17) is 9.15 Å². The van der Waals surface area contributed by atoms with Gasteiger partial charge in [0, 0.05) is 19.1 Å². The Balaban J connectivity index is 1.78. The van der Waals surface area contributed by atoms with Crippen molar-refractivity contribution in [2.75, 3.05) is 20.2 Å². The van der Waals surface area contributed by atoms with Crippen molar-refractivity contribution in [1.29, 1.82) is 0 Å². The van der Waals surface area contributed by atoms with Gasteiger partial charge in [0.15, 0.2) is 0 Å². The predicted molar refractivity (Wildman–Crippen MR) is 80.2 cm³/mol. The number of piperidine rings is 1. The number of benzene rings is 1. The normalized spacial score (nSPS) is 15.6. The first-order valence-corrected chi connectivity index (χ1v) is 7.41. The highest BCUT2D eigenvalue weighted by Gasteiger charge is 2.26. The van der Waals surface area contributed by atoms with E-state index in [-0.39, 0.29) is 11.9 Å². The van der Waals surface area contributed by atoms with Gasteiger partial charge in [-0.1, -0.05) is 6.07 Å². The van der Waals surface area contributed by atoms with Crippen LogP contribution in [0.25, 0.3) is 11.0 Å².